The molecule has 6 atom stereocenters. The second-order valence-electron chi connectivity index (χ2n) is 10.2. The standard InChI is InChI=1S/C28H33N3O2/c1-3-19-13-18-14-24-26-22(11-12-31(16-18)27(19)24)23-15-21(9-10-25(23)30-26)33-28(32)29-17(2)20-7-5-4-6-8-20/h4-10,15,17-19,24,27,30H,3,11-14,16H2,1-2H3,(H,29,32). The van der Waals surface area contributed by atoms with Crippen LogP contribution in [-0.2, 0) is 6.42 Å². The van der Waals surface area contributed by atoms with E-state index < -0.39 is 6.09 Å². The Labute approximate surface area is 195 Å². The van der Waals surface area contributed by atoms with Crippen molar-refractivity contribution >= 4 is 17.0 Å². The topological polar surface area (TPSA) is 57.4 Å². The van der Waals surface area contributed by atoms with Crippen LogP contribution in [0.2, 0.25) is 0 Å². The number of H-pyrrole nitrogens is 1. The zero-order valence-electron chi connectivity index (χ0n) is 19.5. The first-order valence-electron chi connectivity index (χ1n) is 12.5. The predicted octanol–water partition coefficient (Wildman–Crippen LogP) is 5.78. The smallest absolute Gasteiger partial charge is 0.410 e. The molecule has 1 saturated carbocycles. The van der Waals surface area contributed by atoms with Crippen LogP contribution in [0.4, 0.5) is 4.79 Å². The summed E-state index contributed by atoms with van der Waals surface area (Å²) in [5.74, 6) is 2.85. The van der Waals surface area contributed by atoms with Crippen LogP contribution >= 0.6 is 0 Å². The first-order valence-corrected chi connectivity index (χ1v) is 12.5. The molecule has 1 aliphatic carbocycles. The van der Waals surface area contributed by atoms with E-state index in [1.54, 1.807) is 0 Å². The Bertz CT molecular complexity index is 1170. The summed E-state index contributed by atoms with van der Waals surface area (Å²) in [4.78, 5) is 19.1. The van der Waals surface area contributed by atoms with Crippen molar-refractivity contribution in [1.82, 2.24) is 15.2 Å². The molecule has 4 bridgehead atoms. The highest BCUT2D eigenvalue weighted by molar-refractivity contribution is 5.87. The van der Waals surface area contributed by atoms with Gasteiger partial charge >= 0.3 is 6.09 Å². The lowest BCUT2D eigenvalue weighted by molar-refractivity contribution is -0.0134. The number of hydrogen-bond donors (Lipinski definition) is 2. The average Bonchev–Trinajstić information content (AvgIpc) is 3.15. The number of fused-ring (bicyclic) bond motifs is 4. The molecule has 6 unspecified atom stereocenters. The van der Waals surface area contributed by atoms with Crippen molar-refractivity contribution < 1.29 is 9.53 Å². The van der Waals surface area contributed by atoms with E-state index in [-0.39, 0.29) is 6.04 Å². The second kappa shape index (κ2) is 8.21. The Balaban J connectivity index is 1.25. The number of piperidine rings is 2. The van der Waals surface area contributed by atoms with Gasteiger partial charge < -0.3 is 15.0 Å². The zero-order valence-corrected chi connectivity index (χ0v) is 19.5. The molecule has 7 rings (SSSR count). The number of ether oxygens (including phenoxy) is 1. The molecule has 1 aromatic heterocycles. The van der Waals surface area contributed by atoms with Crippen molar-refractivity contribution in [3.05, 3.63) is 65.4 Å². The van der Waals surface area contributed by atoms with Crippen LogP contribution in [0.5, 0.6) is 5.75 Å². The molecule has 2 aromatic carbocycles. The number of nitrogens with zero attached hydrogens (tertiary/aromatic N) is 1. The number of aromatic amines is 1. The molecule has 4 heterocycles. The van der Waals surface area contributed by atoms with Gasteiger partial charge in [0.15, 0.2) is 0 Å². The highest BCUT2D eigenvalue weighted by Gasteiger charge is 2.48. The van der Waals surface area contributed by atoms with Crippen LogP contribution in [0.3, 0.4) is 0 Å². The number of carbonyl (C=O) groups is 1. The van der Waals surface area contributed by atoms with E-state index in [1.807, 2.05) is 43.3 Å². The lowest BCUT2D eigenvalue weighted by Crippen LogP contribution is -2.56. The van der Waals surface area contributed by atoms with Crippen molar-refractivity contribution in [2.75, 3.05) is 13.1 Å². The van der Waals surface area contributed by atoms with Gasteiger partial charge in [-0.2, -0.15) is 0 Å². The van der Waals surface area contributed by atoms with Gasteiger partial charge in [0, 0.05) is 41.6 Å². The summed E-state index contributed by atoms with van der Waals surface area (Å²) in [5.41, 5.74) is 5.10. The SMILES string of the molecule is CCC1CC2CC3c4[nH]c5ccc(OC(=O)NC(C)c6ccccc6)cc5c4CCN(C2)C13. The van der Waals surface area contributed by atoms with Crippen molar-refractivity contribution in [3.63, 3.8) is 0 Å². The van der Waals surface area contributed by atoms with Gasteiger partial charge in [-0.15, -0.1) is 0 Å². The summed E-state index contributed by atoms with van der Waals surface area (Å²) in [6.07, 6.45) is 4.63. The molecule has 33 heavy (non-hydrogen) atoms. The number of aromatic nitrogens is 1. The highest BCUT2D eigenvalue weighted by Crippen LogP contribution is 2.51. The molecular weight excluding hydrogens is 410 g/mol. The van der Waals surface area contributed by atoms with Gasteiger partial charge in [0.2, 0.25) is 0 Å². The first kappa shape index (κ1) is 20.8. The molecule has 172 valence electrons. The number of benzene rings is 2. The zero-order chi connectivity index (χ0) is 22.5. The summed E-state index contributed by atoms with van der Waals surface area (Å²) < 4.78 is 5.70. The minimum atomic E-state index is -0.419. The number of rotatable bonds is 4. The number of hydrogen-bond acceptors (Lipinski definition) is 3. The van der Waals surface area contributed by atoms with Gasteiger partial charge in [0.25, 0.3) is 0 Å². The van der Waals surface area contributed by atoms with Crippen LogP contribution in [0.25, 0.3) is 10.9 Å². The molecule has 3 aliphatic heterocycles. The lowest BCUT2D eigenvalue weighted by Gasteiger charge is -2.53. The normalized spacial score (nSPS) is 28.7. The molecule has 3 aromatic rings. The molecule has 4 aliphatic rings. The number of nitrogens with one attached hydrogen (secondary N) is 2. The lowest BCUT2D eigenvalue weighted by atomic mass is 9.65. The van der Waals surface area contributed by atoms with E-state index in [1.165, 1.54) is 42.5 Å². The molecule has 3 fully saturated rings. The number of amides is 1. The van der Waals surface area contributed by atoms with Gasteiger partial charge in [-0.25, -0.2) is 4.79 Å². The Hall–Kier alpha value is -2.79. The van der Waals surface area contributed by atoms with Crippen molar-refractivity contribution in [3.8, 4) is 5.75 Å². The Morgan fingerprint density at radius 1 is 1.21 bits per heavy atom. The summed E-state index contributed by atoms with van der Waals surface area (Å²) in [6.45, 7) is 6.73. The summed E-state index contributed by atoms with van der Waals surface area (Å²) in [5, 5.41) is 4.16. The third-order valence-corrected chi connectivity index (χ3v) is 8.33. The largest absolute Gasteiger partial charge is 0.413 e. The fourth-order valence-electron chi connectivity index (χ4n) is 6.87. The molecular formula is C28H33N3O2. The number of carbonyl (C=O) groups excluding carboxylic acids is 1. The van der Waals surface area contributed by atoms with Crippen molar-refractivity contribution in [2.24, 2.45) is 11.8 Å². The maximum atomic E-state index is 12.6. The van der Waals surface area contributed by atoms with Gasteiger partial charge in [-0.05, 0) is 67.3 Å². The van der Waals surface area contributed by atoms with E-state index in [9.17, 15) is 4.79 Å². The average molecular weight is 444 g/mol. The highest BCUT2D eigenvalue weighted by atomic mass is 16.6. The molecule has 2 N–H and O–H groups in total. The van der Waals surface area contributed by atoms with Crippen LogP contribution in [0, 0.1) is 11.8 Å². The van der Waals surface area contributed by atoms with E-state index in [2.05, 4.69) is 34.3 Å². The van der Waals surface area contributed by atoms with Gasteiger partial charge in [-0.1, -0.05) is 43.7 Å². The van der Waals surface area contributed by atoms with Crippen LogP contribution in [-0.4, -0.2) is 35.1 Å². The minimum Gasteiger partial charge on any atom is -0.410 e. The Morgan fingerprint density at radius 3 is 2.88 bits per heavy atom. The third-order valence-electron chi connectivity index (χ3n) is 8.33. The fraction of sp³-hybridized carbons (Fsp3) is 0.464. The summed E-state index contributed by atoms with van der Waals surface area (Å²) in [6, 6.07) is 16.5. The van der Waals surface area contributed by atoms with Crippen molar-refractivity contribution in [1.29, 1.82) is 0 Å². The van der Waals surface area contributed by atoms with Crippen LogP contribution in [0.15, 0.2) is 48.5 Å². The Morgan fingerprint density at radius 2 is 2.06 bits per heavy atom. The maximum absolute atomic E-state index is 12.6. The molecule has 5 nitrogen and oxygen atoms in total. The molecule has 0 spiro atoms. The van der Waals surface area contributed by atoms with Gasteiger partial charge in [0.1, 0.15) is 5.75 Å². The van der Waals surface area contributed by atoms with Crippen LogP contribution in [0.1, 0.15) is 61.9 Å². The maximum Gasteiger partial charge on any atom is 0.413 e. The van der Waals surface area contributed by atoms with E-state index >= 15 is 0 Å². The van der Waals surface area contributed by atoms with E-state index in [0.717, 1.165) is 35.9 Å². The minimum absolute atomic E-state index is 0.110. The summed E-state index contributed by atoms with van der Waals surface area (Å²) in [7, 11) is 0. The third kappa shape index (κ3) is 3.63. The molecule has 5 heteroatoms. The quantitative estimate of drug-likeness (QED) is 0.538. The first-order chi connectivity index (χ1) is 16.1. The Kier molecular flexibility index (Phi) is 5.17. The van der Waals surface area contributed by atoms with Crippen LogP contribution < -0.4 is 10.1 Å². The predicted molar refractivity (Wildman–Crippen MR) is 131 cm³/mol. The molecule has 2 saturated heterocycles. The van der Waals surface area contributed by atoms with Gasteiger partial charge in [-0.3, -0.25) is 4.90 Å². The van der Waals surface area contributed by atoms with Gasteiger partial charge in [0.05, 0.1) is 6.04 Å². The van der Waals surface area contributed by atoms with E-state index in [0.29, 0.717) is 17.7 Å². The fourth-order valence-corrected chi connectivity index (χ4v) is 6.87. The molecule has 0 radical (unpaired) electrons. The van der Waals surface area contributed by atoms with E-state index in [4.69, 9.17) is 4.74 Å². The summed E-state index contributed by atoms with van der Waals surface area (Å²) >= 11 is 0. The van der Waals surface area contributed by atoms with Crippen molar-refractivity contribution in [2.45, 2.75) is 57.5 Å². The monoisotopic (exact) mass is 443 g/mol. The molecule has 1 amide bonds. The second-order valence-corrected chi connectivity index (χ2v) is 10.2.